The smallest absolute Gasteiger partial charge is 0.342 e. The van der Waals surface area contributed by atoms with E-state index in [0.29, 0.717) is 19.5 Å². The lowest BCUT2D eigenvalue weighted by Crippen LogP contribution is -2.37. The number of fused-ring (bicyclic) bond motifs is 1. The Balaban J connectivity index is 1.91. The van der Waals surface area contributed by atoms with E-state index in [0.717, 1.165) is 25.3 Å². The summed E-state index contributed by atoms with van der Waals surface area (Å²) in [6, 6.07) is 0.979. The first-order chi connectivity index (χ1) is 16.8. The molecule has 0 spiro atoms. The molecule has 2 atom stereocenters. The lowest BCUT2D eigenvalue weighted by Gasteiger charge is -2.26. The molecule has 1 saturated heterocycles. The number of benzene rings is 1. The minimum absolute atomic E-state index is 0.101. The van der Waals surface area contributed by atoms with Crippen LogP contribution in [0.2, 0.25) is 5.02 Å². The number of piperidine rings is 1. The zero-order valence-electron chi connectivity index (χ0n) is 19.7. The van der Waals surface area contributed by atoms with E-state index < -0.39 is 29.7 Å². The van der Waals surface area contributed by atoms with Crippen molar-refractivity contribution in [2.75, 3.05) is 19.7 Å². The number of aliphatic hydroxyl groups is 1. The van der Waals surface area contributed by atoms with Gasteiger partial charge in [-0.25, -0.2) is 4.79 Å². The number of oxime groups is 1. The molecule has 0 saturated carbocycles. The first-order valence-corrected chi connectivity index (χ1v) is 12.1. The average Bonchev–Trinajstić information content (AvgIpc) is 2.82. The number of carbonyl (C=O) groups excluding carboxylic acids is 2. The lowest BCUT2D eigenvalue weighted by atomic mass is 9.99. The van der Waals surface area contributed by atoms with E-state index >= 15 is 0 Å². The van der Waals surface area contributed by atoms with Crippen LogP contribution >= 0.6 is 11.6 Å². The monoisotopic (exact) mass is 506 g/mol. The Morgan fingerprint density at radius 3 is 2.69 bits per heavy atom. The van der Waals surface area contributed by atoms with Crippen LogP contribution in [0.5, 0.6) is 11.5 Å². The summed E-state index contributed by atoms with van der Waals surface area (Å²) in [6.45, 7) is 2.80. The second-order valence-corrected chi connectivity index (χ2v) is 9.02. The van der Waals surface area contributed by atoms with Gasteiger partial charge in [0.15, 0.2) is 6.61 Å². The van der Waals surface area contributed by atoms with Crippen LogP contribution in [0.1, 0.15) is 54.9 Å². The summed E-state index contributed by atoms with van der Waals surface area (Å²) in [5.41, 5.74) is 0.175. The van der Waals surface area contributed by atoms with Gasteiger partial charge < -0.3 is 29.8 Å². The van der Waals surface area contributed by atoms with E-state index in [9.17, 15) is 24.9 Å². The summed E-state index contributed by atoms with van der Waals surface area (Å²) in [7, 11) is 0. The Morgan fingerprint density at radius 1 is 1.20 bits per heavy atom. The number of phenols is 2. The van der Waals surface area contributed by atoms with Crippen molar-refractivity contribution in [3.63, 3.8) is 0 Å². The highest BCUT2D eigenvalue weighted by atomic mass is 35.5. The normalized spacial score (nSPS) is 24.7. The fraction of sp³-hybridized carbons (Fsp3) is 0.480. The number of aromatic hydroxyl groups is 2. The summed E-state index contributed by atoms with van der Waals surface area (Å²) >= 11 is 6.31. The van der Waals surface area contributed by atoms with Crippen LogP contribution in [0.3, 0.4) is 0 Å². The van der Waals surface area contributed by atoms with Crippen molar-refractivity contribution in [2.45, 2.75) is 57.7 Å². The highest BCUT2D eigenvalue weighted by Crippen LogP contribution is 2.37. The molecule has 1 amide bonds. The quantitative estimate of drug-likeness (QED) is 0.325. The third kappa shape index (κ3) is 7.47. The maximum Gasteiger partial charge on any atom is 0.342 e. The zero-order chi connectivity index (χ0) is 25.4. The summed E-state index contributed by atoms with van der Waals surface area (Å²) in [4.78, 5) is 32.3. The van der Waals surface area contributed by atoms with Crippen LogP contribution in [0.15, 0.2) is 35.5 Å². The van der Waals surface area contributed by atoms with Crippen LogP contribution in [0.4, 0.5) is 0 Å². The van der Waals surface area contributed by atoms with Crippen molar-refractivity contribution in [3.8, 4) is 11.5 Å². The number of nitrogens with zero attached hydrogens (tertiary/aromatic N) is 2. The molecule has 1 unspecified atom stereocenters. The van der Waals surface area contributed by atoms with Crippen molar-refractivity contribution < 1.29 is 34.5 Å². The molecule has 2 aliphatic heterocycles. The van der Waals surface area contributed by atoms with Gasteiger partial charge in [0, 0.05) is 32.0 Å². The van der Waals surface area contributed by atoms with Gasteiger partial charge in [-0.2, -0.15) is 0 Å². The topological polar surface area (TPSA) is 129 Å². The van der Waals surface area contributed by atoms with Gasteiger partial charge in [-0.3, -0.25) is 4.79 Å². The summed E-state index contributed by atoms with van der Waals surface area (Å²) in [6.07, 6.45) is 8.79. The Hall–Kier alpha value is -3.04. The van der Waals surface area contributed by atoms with Crippen LogP contribution in [-0.4, -0.2) is 69.7 Å². The minimum atomic E-state index is -0.817. The van der Waals surface area contributed by atoms with Gasteiger partial charge in [-0.15, -0.1) is 0 Å². The number of allylic oxidation sites excluding steroid dienone is 1. The maximum atomic E-state index is 12.9. The number of amides is 1. The van der Waals surface area contributed by atoms with Crippen molar-refractivity contribution in [1.29, 1.82) is 0 Å². The van der Waals surface area contributed by atoms with E-state index in [1.54, 1.807) is 36.1 Å². The Kier molecular flexibility index (Phi) is 9.56. The van der Waals surface area contributed by atoms with E-state index in [1.807, 2.05) is 0 Å². The number of phenolic OH excluding ortho intramolecular Hbond substituents is 2. The van der Waals surface area contributed by atoms with Crippen molar-refractivity contribution in [1.82, 2.24) is 4.90 Å². The van der Waals surface area contributed by atoms with Gasteiger partial charge in [0.25, 0.3) is 5.91 Å². The van der Waals surface area contributed by atoms with E-state index in [1.165, 1.54) is 0 Å². The highest BCUT2D eigenvalue weighted by Gasteiger charge is 2.26. The molecule has 0 radical (unpaired) electrons. The number of aliphatic hydroxyl groups excluding tert-OH is 1. The van der Waals surface area contributed by atoms with Gasteiger partial charge in [0.1, 0.15) is 23.2 Å². The molecular formula is C25H31ClN2O7. The summed E-state index contributed by atoms with van der Waals surface area (Å²) in [5.74, 6) is -1.89. The number of rotatable bonds is 3. The lowest BCUT2D eigenvalue weighted by molar-refractivity contribution is -0.137. The van der Waals surface area contributed by atoms with Crippen molar-refractivity contribution >= 4 is 29.2 Å². The number of likely N-dealkylation sites (tertiary alicyclic amines) is 1. The van der Waals surface area contributed by atoms with Gasteiger partial charge >= 0.3 is 5.97 Å². The second kappa shape index (κ2) is 12.6. The molecule has 1 aromatic carbocycles. The van der Waals surface area contributed by atoms with Crippen LogP contribution < -0.4 is 0 Å². The number of esters is 1. The average molecular weight is 507 g/mol. The van der Waals surface area contributed by atoms with Crippen molar-refractivity contribution in [2.24, 2.45) is 5.16 Å². The fourth-order valence-corrected chi connectivity index (χ4v) is 4.14. The fourth-order valence-electron chi connectivity index (χ4n) is 3.92. The Morgan fingerprint density at radius 2 is 1.94 bits per heavy atom. The van der Waals surface area contributed by atoms with Crippen LogP contribution in [0.25, 0.3) is 0 Å². The van der Waals surface area contributed by atoms with Crippen LogP contribution in [0, 0.1) is 0 Å². The van der Waals surface area contributed by atoms with Crippen LogP contribution in [-0.2, 0) is 20.8 Å². The van der Waals surface area contributed by atoms with Gasteiger partial charge in [-0.05, 0) is 44.2 Å². The first-order valence-electron chi connectivity index (χ1n) is 11.7. The molecule has 9 nitrogen and oxygen atoms in total. The number of hydrogen-bond donors (Lipinski definition) is 3. The molecule has 1 fully saturated rings. The SMILES string of the molecule is C[C@@H]1C/C=C/C(O)C/C=C/C(=N\OCC(=O)N2CCCCC2)Cc2c(Cl)c(O)cc(O)c2C(=O)O1. The van der Waals surface area contributed by atoms with Gasteiger partial charge in [0.2, 0.25) is 0 Å². The molecule has 2 aliphatic rings. The molecule has 0 aromatic heterocycles. The van der Waals surface area contributed by atoms with E-state index in [4.69, 9.17) is 21.2 Å². The minimum Gasteiger partial charge on any atom is -0.507 e. The molecule has 35 heavy (non-hydrogen) atoms. The molecule has 0 bridgehead atoms. The van der Waals surface area contributed by atoms with Crippen molar-refractivity contribution in [3.05, 3.63) is 46.5 Å². The number of ether oxygens (including phenoxy) is 1. The second-order valence-electron chi connectivity index (χ2n) is 8.64. The molecule has 3 N–H and O–H groups in total. The third-order valence-electron chi connectivity index (χ3n) is 5.78. The molecular weight excluding hydrogens is 476 g/mol. The molecule has 10 heteroatoms. The summed E-state index contributed by atoms with van der Waals surface area (Å²) in [5, 5.41) is 34.7. The number of hydrogen-bond acceptors (Lipinski definition) is 8. The van der Waals surface area contributed by atoms with Gasteiger partial charge in [-0.1, -0.05) is 35.0 Å². The maximum absolute atomic E-state index is 12.9. The summed E-state index contributed by atoms with van der Waals surface area (Å²) < 4.78 is 5.44. The Labute approximate surface area is 209 Å². The highest BCUT2D eigenvalue weighted by molar-refractivity contribution is 6.33. The van der Waals surface area contributed by atoms with Gasteiger partial charge in [0.05, 0.1) is 16.8 Å². The van der Waals surface area contributed by atoms with E-state index in [-0.39, 0.29) is 47.2 Å². The van der Waals surface area contributed by atoms with E-state index in [2.05, 4.69) is 5.16 Å². The predicted octanol–water partition coefficient (Wildman–Crippen LogP) is 3.49. The largest absolute Gasteiger partial charge is 0.507 e. The number of cyclic esters (lactones) is 1. The predicted molar refractivity (Wildman–Crippen MR) is 131 cm³/mol. The molecule has 190 valence electrons. The number of carbonyl (C=O) groups is 2. The first kappa shape index (κ1) is 26.6. The third-order valence-corrected chi connectivity index (χ3v) is 6.21. The molecule has 3 rings (SSSR count). The molecule has 0 aliphatic carbocycles. The zero-order valence-corrected chi connectivity index (χ0v) is 20.4. The Bertz CT molecular complexity index is 1020. The standard InChI is InChI=1S/C25H31ClN2O7/c1-16-7-5-9-18(29)10-6-8-17(27-34-15-22(32)28-11-3-2-4-12-28)13-19-23(25(33)35-16)20(30)14-21(31)24(19)26/h5-6,8-9,14,16,18,29-31H,2-4,7,10-13,15H2,1H3/b8-6+,9-5+,27-17+/t16-,18?/m1/s1. The molecule has 1 aromatic rings. The molecule has 2 heterocycles. The number of halogens is 1.